The molecule has 2 aromatic carbocycles. The van der Waals surface area contributed by atoms with Crippen LogP contribution in [0, 0.1) is 5.92 Å². The first-order chi connectivity index (χ1) is 13.6. The molecule has 4 aromatic rings. The van der Waals surface area contributed by atoms with Crippen LogP contribution in [-0.4, -0.2) is 26.1 Å². The number of aromatic amines is 2. The van der Waals surface area contributed by atoms with Gasteiger partial charge in [0, 0.05) is 5.39 Å². The van der Waals surface area contributed by atoms with Crippen LogP contribution in [0.3, 0.4) is 0 Å². The number of rotatable bonds is 5. The van der Waals surface area contributed by atoms with Crippen molar-refractivity contribution in [1.29, 1.82) is 0 Å². The molecule has 0 saturated heterocycles. The number of para-hydroxylation sites is 2. The normalized spacial score (nSPS) is 13.5. The van der Waals surface area contributed by atoms with Crippen molar-refractivity contribution in [3.63, 3.8) is 0 Å². The van der Waals surface area contributed by atoms with E-state index in [0.29, 0.717) is 16.6 Å². The van der Waals surface area contributed by atoms with Crippen LogP contribution in [0.4, 0.5) is 0 Å². The van der Waals surface area contributed by atoms with Crippen LogP contribution in [-0.2, 0) is 0 Å². The maximum absolute atomic E-state index is 13.1. The lowest BCUT2D eigenvalue weighted by atomic mass is 9.98. The van der Waals surface area contributed by atoms with Gasteiger partial charge in [0.05, 0.1) is 22.5 Å². The second kappa shape index (κ2) is 7.26. The van der Waals surface area contributed by atoms with Crippen LogP contribution in [0.25, 0.3) is 21.8 Å². The van der Waals surface area contributed by atoms with Crippen molar-refractivity contribution in [3.05, 3.63) is 70.4 Å². The van der Waals surface area contributed by atoms with Gasteiger partial charge in [-0.2, -0.15) is 5.10 Å². The van der Waals surface area contributed by atoms with E-state index in [-0.39, 0.29) is 29.1 Å². The topological polar surface area (TPSA) is 104 Å². The lowest BCUT2D eigenvalue weighted by Crippen LogP contribution is -2.34. The van der Waals surface area contributed by atoms with Gasteiger partial charge in [-0.05, 0) is 24.1 Å². The van der Waals surface area contributed by atoms with Gasteiger partial charge in [0.1, 0.15) is 5.82 Å². The van der Waals surface area contributed by atoms with E-state index in [2.05, 4.69) is 39.3 Å². The predicted molar refractivity (Wildman–Crippen MR) is 108 cm³/mol. The van der Waals surface area contributed by atoms with Crippen LogP contribution in [0.5, 0.6) is 0 Å². The molecule has 0 spiro atoms. The highest BCUT2D eigenvalue weighted by atomic mass is 16.2. The van der Waals surface area contributed by atoms with Gasteiger partial charge in [-0.25, -0.2) is 10.1 Å². The van der Waals surface area contributed by atoms with Gasteiger partial charge in [-0.15, -0.1) is 0 Å². The van der Waals surface area contributed by atoms with Crippen LogP contribution in [0.1, 0.15) is 42.6 Å². The summed E-state index contributed by atoms with van der Waals surface area (Å²) >= 11 is 0. The highest BCUT2D eigenvalue weighted by Gasteiger charge is 2.25. The molecular weight excluding hydrogens is 354 g/mol. The first-order valence-electron chi connectivity index (χ1n) is 9.31. The average molecular weight is 375 g/mol. The minimum atomic E-state index is -0.349. The van der Waals surface area contributed by atoms with Crippen LogP contribution < -0.4 is 10.9 Å². The molecule has 1 amide bonds. The summed E-state index contributed by atoms with van der Waals surface area (Å²) in [6, 6.07) is 14.4. The van der Waals surface area contributed by atoms with Gasteiger partial charge >= 0.3 is 0 Å². The molecule has 2 heterocycles. The van der Waals surface area contributed by atoms with E-state index in [4.69, 9.17) is 0 Å². The fourth-order valence-electron chi connectivity index (χ4n) is 3.33. The summed E-state index contributed by atoms with van der Waals surface area (Å²) in [6.07, 6.45) is 0.863. The number of H-pyrrole nitrogens is 2. The Morgan fingerprint density at radius 1 is 1.11 bits per heavy atom. The van der Waals surface area contributed by atoms with E-state index in [1.807, 2.05) is 24.3 Å². The third kappa shape index (κ3) is 3.15. The van der Waals surface area contributed by atoms with E-state index >= 15 is 0 Å². The Labute approximate surface area is 161 Å². The molecular formula is C21H21N5O2. The van der Waals surface area contributed by atoms with Gasteiger partial charge < -0.3 is 10.3 Å². The number of imidazole rings is 1. The number of benzene rings is 2. The smallest absolute Gasteiger partial charge is 0.272 e. The molecule has 0 bridgehead atoms. The maximum atomic E-state index is 13.1. The molecule has 4 rings (SSSR count). The number of carbonyl (C=O) groups is 1. The molecule has 0 radical (unpaired) electrons. The van der Waals surface area contributed by atoms with E-state index in [1.54, 1.807) is 24.3 Å². The van der Waals surface area contributed by atoms with Crippen molar-refractivity contribution < 1.29 is 4.79 Å². The van der Waals surface area contributed by atoms with E-state index in [1.165, 1.54) is 0 Å². The van der Waals surface area contributed by atoms with Crippen LogP contribution in [0.2, 0.25) is 0 Å². The Morgan fingerprint density at radius 3 is 2.57 bits per heavy atom. The number of nitrogens with zero attached hydrogens (tertiary/aromatic N) is 2. The summed E-state index contributed by atoms with van der Waals surface area (Å²) in [5, 5.41) is 10.4. The zero-order valence-electron chi connectivity index (χ0n) is 15.7. The summed E-state index contributed by atoms with van der Waals surface area (Å²) in [4.78, 5) is 33.0. The quantitative estimate of drug-likeness (QED) is 0.498. The third-order valence-corrected chi connectivity index (χ3v) is 5.11. The number of hydrogen-bond donors (Lipinski definition) is 3. The van der Waals surface area contributed by atoms with Gasteiger partial charge in [0.15, 0.2) is 5.69 Å². The molecule has 142 valence electrons. The summed E-state index contributed by atoms with van der Waals surface area (Å²) in [7, 11) is 0. The number of carbonyl (C=O) groups excluding carboxylic acids is 1. The lowest BCUT2D eigenvalue weighted by Gasteiger charge is -2.22. The second-order valence-electron chi connectivity index (χ2n) is 6.92. The Bertz CT molecular complexity index is 1180. The number of nitrogens with one attached hydrogen (secondary N) is 3. The third-order valence-electron chi connectivity index (χ3n) is 5.11. The highest BCUT2D eigenvalue weighted by Crippen LogP contribution is 2.25. The minimum absolute atomic E-state index is 0.151. The number of fused-ring (bicyclic) bond motifs is 2. The molecule has 2 atom stereocenters. The first-order valence-corrected chi connectivity index (χ1v) is 9.31. The fraction of sp³-hybridized carbons (Fsp3) is 0.238. The van der Waals surface area contributed by atoms with Gasteiger partial charge in [-0.1, -0.05) is 50.6 Å². The Hall–Kier alpha value is -3.48. The number of amides is 1. The molecule has 0 aliphatic carbocycles. The minimum Gasteiger partial charge on any atom is -0.340 e. The molecule has 0 aliphatic heterocycles. The zero-order valence-corrected chi connectivity index (χ0v) is 15.7. The number of aromatic nitrogens is 4. The Morgan fingerprint density at radius 2 is 1.82 bits per heavy atom. The second-order valence-corrected chi connectivity index (χ2v) is 6.92. The molecule has 28 heavy (non-hydrogen) atoms. The van der Waals surface area contributed by atoms with Gasteiger partial charge in [0.25, 0.3) is 11.5 Å². The number of hydrogen-bond acceptors (Lipinski definition) is 4. The summed E-state index contributed by atoms with van der Waals surface area (Å²) in [5.74, 6) is 0.509. The molecule has 0 aliphatic rings. The molecule has 0 fully saturated rings. The molecule has 2 aromatic heterocycles. The largest absolute Gasteiger partial charge is 0.340 e. The summed E-state index contributed by atoms with van der Waals surface area (Å²) < 4.78 is 0. The predicted octanol–water partition coefficient (Wildman–Crippen LogP) is 3.32. The standard InChI is InChI=1S/C21H21N5O2/c1-3-12(2)17(19-22-15-10-6-7-11-16(15)23-19)24-21(28)18-13-8-4-5-9-14(13)20(27)26-25-18/h4-12,17H,3H2,1-2H3,(H,22,23)(H,24,28)(H,26,27). The van der Waals surface area contributed by atoms with Crippen molar-refractivity contribution in [3.8, 4) is 0 Å². The maximum Gasteiger partial charge on any atom is 0.272 e. The van der Waals surface area contributed by atoms with Crippen LogP contribution in [0.15, 0.2) is 53.3 Å². The monoisotopic (exact) mass is 375 g/mol. The fourth-order valence-corrected chi connectivity index (χ4v) is 3.33. The zero-order chi connectivity index (χ0) is 19.7. The van der Waals surface area contributed by atoms with Crippen LogP contribution >= 0.6 is 0 Å². The lowest BCUT2D eigenvalue weighted by molar-refractivity contribution is 0.0916. The summed E-state index contributed by atoms with van der Waals surface area (Å²) in [6.45, 7) is 4.14. The first kappa shape index (κ1) is 17.9. The Balaban J connectivity index is 1.72. The van der Waals surface area contributed by atoms with Crippen molar-refractivity contribution in [2.45, 2.75) is 26.3 Å². The Kier molecular flexibility index (Phi) is 4.65. The molecule has 3 N–H and O–H groups in total. The van der Waals surface area contributed by atoms with Crippen molar-refractivity contribution >= 4 is 27.7 Å². The van der Waals surface area contributed by atoms with E-state index in [9.17, 15) is 9.59 Å². The molecule has 7 heteroatoms. The molecule has 2 unspecified atom stereocenters. The average Bonchev–Trinajstić information content (AvgIpc) is 3.15. The van der Waals surface area contributed by atoms with Crippen molar-refractivity contribution in [2.75, 3.05) is 0 Å². The van der Waals surface area contributed by atoms with Gasteiger partial charge in [-0.3, -0.25) is 9.59 Å². The van der Waals surface area contributed by atoms with E-state index < -0.39 is 0 Å². The molecule has 7 nitrogen and oxygen atoms in total. The summed E-state index contributed by atoms with van der Waals surface area (Å²) in [5.41, 5.74) is 1.66. The SMILES string of the molecule is CCC(C)C(NC(=O)c1n[nH]c(=O)c2ccccc12)c1nc2ccccc2[nH]1. The van der Waals surface area contributed by atoms with Gasteiger partial charge in [0.2, 0.25) is 0 Å². The van der Waals surface area contributed by atoms with E-state index in [0.717, 1.165) is 17.5 Å². The molecule has 0 saturated carbocycles. The van der Waals surface area contributed by atoms with Crippen molar-refractivity contribution in [2.24, 2.45) is 5.92 Å². The van der Waals surface area contributed by atoms with Crippen molar-refractivity contribution in [1.82, 2.24) is 25.5 Å². The highest BCUT2D eigenvalue weighted by molar-refractivity contribution is 6.04.